The third kappa shape index (κ3) is 3.19. The van der Waals surface area contributed by atoms with Gasteiger partial charge in [0.25, 0.3) is 0 Å². The molecule has 0 atom stereocenters. The Balaban J connectivity index is 1.83. The predicted octanol–water partition coefficient (Wildman–Crippen LogP) is 5.08. The number of benzene rings is 2. The first-order valence-corrected chi connectivity index (χ1v) is 9.37. The maximum atomic E-state index is 11.9. The van der Waals surface area contributed by atoms with Crippen LogP contribution in [0.4, 0.5) is 0 Å². The van der Waals surface area contributed by atoms with Crippen molar-refractivity contribution in [1.29, 1.82) is 0 Å². The number of carboxylic acid groups (broad SMARTS) is 1. The number of hydrogen-bond donors (Lipinski definition) is 1. The van der Waals surface area contributed by atoms with Gasteiger partial charge in [-0.15, -0.1) is 0 Å². The third-order valence-corrected chi connectivity index (χ3v) is 5.06. The van der Waals surface area contributed by atoms with Crippen molar-refractivity contribution >= 4 is 27.8 Å². The first-order valence-electron chi connectivity index (χ1n) is 9.37. The lowest BCUT2D eigenvalue weighted by molar-refractivity contribution is 0.0692. The number of hydrogen-bond acceptors (Lipinski definition) is 2. The van der Waals surface area contributed by atoms with Gasteiger partial charge in [0.15, 0.2) is 5.69 Å². The zero-order chi connectivity index (χ0) is 18.8. The Bertz CT molecular complexity index is 1110. The molecule has 0 radical (unpaired) electrons. The fourth-order valence-corrected chi connectivity index (χ4v) is 3.78. The highest BCUT2D eigenvalue weighted by Gasteiger charge is 2.20. The van der Waals surface area contributed by atoms with E-state index in [1.165, 1.54) is 5.56 Å². The number of nitrogens with zero attached hydrogens (tertiary/aromatic N) is 2. The molecular formula is C23H22N2O2. The molecule has 0 saturated carbocycles. The second kappa shape index (κ2) is 7.23. The van der Waals surface area contributed by atoms with Crippen LogP contribution >= 0.6 is 0 Å². The van der Waals surface area contributed by atoms with Gasteiger partial charge in [0.2, 0.25) is 0 Å². The van der Waals surface area contributed by atoms with E-state index >= 15 is 0 Å². The van der Waals surface area contributed by atoms with Gasteiger partial charge in [0.1, 0.15) is 0 Å². The lowest BCUT2D eigenvalue weighted by Gasteiger charge is -2.10. The van der Waals surface area contributed by atoms with Crippen molar-refractivity contribution in [3.05, 3.63) is 77.6 Å². The van der Waals surface area contributed by atoms with Crippen molar-refractivity contribution in [2.24, 2.45) is 0 Å². The normalized spacial score (nSPS) is 11.3. The Kier molecular flexibility index (Phi) is 4.63. The van der Waals surface area contributed by atoms with Gasteiger partial charge >= 0.3 is 5.97 Å². The lowest BCUT2D eigenvalue weighted by Crippen LogP contribution is -2.08. The van der Waals surface area contributed by atoms with Gasteiger partial charge in [-0.05, 0) is 37.0 Å². The zero-order valence-electron chi connectivity index (χ0n) is 15.4. The summed E-state index contributed by atoms with van der Waals surface area (Å²) in [5, 5.41) is 11.9. The number of aromatic carboxylic acids is 1. The van der Waals surface area contributed by atoms with E-state index in [9.17, 15) is 9.90 Å². The number of aryl methyl sites for hydroxylation is 3. The van der Waals surface area contributed by atoms with E-state index in [2.05, 4.69) is 45.9 Å². The molecule has 0 fully saturated rings. The maximum Gasteiger partial charge on any atom is 0.356 e. The van der Waals surface area contributed by atoms with E-state index in [1.807, 2.05) is 31.2 Å². The van der Waals surface area contributed by atoms with Crippen LogP contribution in [0.1, 0.15) is 35.1 Å². The Morgan fingerprint density at radius 2 is 1.78 bits per heavy atom. The average Bonchev–Trinajstić information content (AvgIpc) is 3.02. The van der Waals surface area contributed by atoms with Crippen LogP contribution < -0.4 is 0 Å². The predicted molar refractivity (Wildman–Crippen MR) is 108 cm³/mol. The molecule has 4 rings (SSSR count). The first kappa shape index (κ1) is 17.3. The molecular weight excluding hydrogens is 336 g/mol. The minimum Gasteiger partial charge on any atom is -0.476 e. The van der Waals surface area contributed by atoms with Crippen molar-refractivity contribution in [2.75, 3.05) is 0 Å². The summed E-state index contributed by atoms with van der Waals surface area (Å²) in [6.07, 6.45) is 2.60. The van der Waals surface area contributed by atoms with Crippen molar-refractivity contribution in [3.63, 3.8) is 0 Å². The van der Waals surface area contributed by atoms with Crippen molar-refractivity contribution in [1.82, 2.24) is 9.55 Å². The second-order valence-electron chi connectivity index (χ2n) is 6.78. The first-order chi connectivity index (χ1) is 13.2. The molecule has 4 nitrogen and oxygen atoms in total. The van der Waals surface area contributed by atoms with Crippen LogP contribution in [-0.4, -0.2) is 20.6 Å². The van der Waals surface area contributed by atoms with Crippen LogP contribution in [0.3, 0.4) is 0 Å². The Morgan fingerprint density at radius 3 is 2.52 bits per heavy atom. The van der Waals surface area contributed by atoms with Crippen molar-refractivity contribution < 1.29 is 9.90 Å². The molecule has 4 aromatic rings. The van der Waals surface area contributed by atoms with Crippen LogP contribution in [0.5, 0.6) is 0 Å². The molecule has 0 aliphatic rings. The average molecular weight is 358 g/mol. The smallest absolute Gasteiger partial charge is 0.356 e. The van der Waals surface area contributed by atoms with Crippen LogP contribution in [0, 0.1) is 0 Å². The minimum atomic E-state index is -0.970. The number of aromatic nitrogens is 2. The fraction of sp³-hybridized carbons (Fsp3) is 0.217. The van der Waals surface area contributed by atoms with Crippen LogP contribution in [0.25, 0.3) is 21.8 Å². The van der Waals surface area contributed by atoms with E-state index in [1.54, 1.807) is 0 Å². The Hall–Kier alpha value is -3.14. The summed E-state index contributed by atoms with van der Waals surface area (Å²) in [7, 11) is 0. The van der Waals surface area contributed by atoms with Gasteiger partial charge in [0, 0.05) is 28.5 Å². The van der Waals surface area contributed by atoms with Gasteiger partial charge in [-0.1, -0.05) is 55.5 Å². The van der Waals surface area contributed by atoms with Gasteiger partial charge in [-0.25, -0.2) is 9.78 Å². The molecule has 136 valence electrons. The van der Waals surface area contributed by atoms with E-state index in [0.717, 1.165) is 46.9 Å². The van der Waals surface area contributed by atoms with E-state index in [4.69, 9.17) is 0 Å². The molecule has 0 spiro atoms. The van der Waals surface area contributed by atoms with Crippen LogP contribution in [-0.2, 0) is 19.4 Å². The molecule has 0 bridgehead atoms. The monoisotopic (exact) mass is 358 g/mol. The molecule has 1 N–H and O–H groups in total. The largest absolute Gasteiger partial charge is 0.476 e. The van der Waals surface area contributed by atoms with Crippen LogP contribution in [0.2, 0.25) is 0 Å². The van der Waals surface area contributed by atoms with E-state index in [-0.39, 0.29) is 5.69 Å². The quantitative estimate of drug-likeness (QED) is 0.523. The molecule has 2 aromatic heterocycles. The summed E-state index contributed by atoms with van der Waals surface area (Å²) in [6.45, 7) is 2.76. The summed E-state index contributed by atoms with van der Waals surface area (Å²) >= 11 is 0. The minimum absolute atomic E-state index is 0.153. The fourth-order valence-electron chi connectivity index (χ4n) is 3.78. The van der Waals surface area contributed by atoms with Gasteiger partial charge < -0.3 is 9.67 Å². The number of fused-ring (bicyclic) bond motifs is 3. The Labute approximate surface area is 158 Å². The topological polar surface area (TPSA) is 55.1 Å². The maximum absolute atomic E-state index is 11.9. The molecule has 0 saturated heterocycles. The van der Waals surface area contributed by atoms with Crippen molar-refractivity contribution in [3.8, 4) is 0 Å². The molecule has 0 aliphatic heterocycles. The van der Waals surface area contributed by atoms with Crippen molar-refractivity contribution in [2.45, 2.75) is 32.7 Å². The third-order valence-electron chi connectivity index (χ3n) is 5.06. The summed E-state index contributed by atoms with van der Waals surface area (Å²) in [4.78, 5) is 16.4. The lowest BCUT2D eigenvalue weighted by atomic mass is 10.1. The molecule has 0 amide bonds. The Morgan fingerprint density at radius 1 is 1.04 bits per heavy atom. The zero-order valence-corrected chi connectivity index (χ0v) is 15.4. The molecule has 27 heavy (non-hydrogen) atoms. The number of carboxylic acids is 1. The highest BCUT2D eigenvalue weighted by Crippen LogP contribution is 2.32. The van der Waals surface area contributed by atoms with Gasteiger partial charge in [-0.2, -0.15) is 0 Å². The molecule has 0 aliphatic carbocycles. The van der Waals surface area contributed by atoms with Gasteiger partial charge in [-0.3, -0.25) is 0 Å². The van der Waals surface area contributed by atoms with E-state index in [0.29, 0.717) is 6.42 Å². The number of pyridine rings is 1. The number of carbonyl (C=O) groups is 1. The van der Waals surface area contributed by atoms with Crippen LogP contribution in [0.15, 0.2) is 60.7 Å². The molecule has 4 heteroatoms. The molecule has 2 heterocycles. The highest BCUT2D eigenvalue weighted by molar-refractivity contribution is 6.13. The molecule has 0 unspecified atom stereocenters. The summed E-state index contributed by atoms with van der Waals surface area (Å²) in [6, 6.07) is 20.6. The summed E-state index contributed by atoms with van der Waals surface area (Å²) in [5.74, 6) is -0.970. The van der Waals surface area contributed by atoms with E-state index < -0.39 is 5.97 Å². The highest BCUT2D eigenvalue weighted by atomic mass is 16.4. The second-order valence-corrected chi connectivity index (χ2v) is 6.78. The van der Waals surface area contributed by atoms with Gasteiger partial charge in [0.05, 0.1) is 5.52 Å². The standard InChI is InChI=1S/C23H22N2O2/c1-2-17-15-19-18-12-6-7-13-20(18)25(22(19)21(24-17)23(26)27)14-8-11-16-9-4-3-5-10-16/h3-7,9-10,12-13,15H,2,8,11,14H2,1H3,(H,26,27). The summed E-state index contributed by atoms with van der Waals surface area (Å²) < 4.78 is 2.13. The number of rotatable bonds is 6. The number of para-hydroxylation sites is 1. The SMILES string of the molecule is CCc1cc2c3ccccc3n(CCCc3ccccc3)c2c(C(=O)O)n1. The summed E-state index contributed by atoms with van der Waals surface area (Å²) in [5.41, 5.74) is 4.06. The molecule has 2 aromatic carbocycles.